The molecule has 0 N–H and O–H groups in total. The summed E-state index contributed by atoms with van der Waals surface area (Å²) in [5.41, 5.74) is -2.45. The number of hydrogen-bond donors (Lipinski definition) is 0. The van der Waals surface area contributed by atoms with Crippen molar-refractivity contribution in [2.45, 2.75) is 19.0 Å². The van der Waals surface area contributed by atoms with Crippen LogP contribution in [0, 0.1) is 11.3 Å². The molecule has 1 rings (SSSR count). The van der Waals surface area contributed by atoms with E-state index < -0.39 is 36.0 Å². The second kappa shape index (κ2) is 4.43. The lowest BCUT2D eigenvalue weighted by Crippen LogP contribution is -2.11. The molecule has 0 aliphatic rings. The highest BCUT2D eigenvalue weighted by molar-refractivity contribution is 5.27. The predicted octanol–water partition coefficient (Wildman–Crippen LogP) is 3.10. The minimum Gasteiger partial charge on any atom is -0.247 e. The van der Waals surface area contributed by atoms with Crippen LogP contribution in [0.5, 0.6) is 0 Å². The molecule has 0 atom stereocenters. The number of aromatic nitrogens is 1. The molecule has 1 heterocycles. The topological polar surface area (TPSA) is 36.7 Å². The molecule has 86 valence electrons. The molecule has 0 spiro atoms. The van der Waals surface area contributed by atoms with Crippen LogP contribution in [0.4, 0.5) is 22.0 Å². The van der Waals surface area contributed by atoms with Crippen LogP contribution in [-0.2, 0) is 12.6 Å². The maximum Gasteiger partial charge on any atom is 0.433 e. The largest absolute Gasteiger partial charge is 0.433 e. The first-order valence-corrected chi connectivity index (χ1v) is 4.08. The lowest BCUT2D eigenvalue weighted by Gasteiger charge is -2.10. The summed E-state index contributed by atoms with van der Waals surface area (Å²) < 4.78 is 61.3. The first-order chi connectivity index (χ1) is 7.36. The third-order valence-electron chi connectivity index (χ3n) is 1.78. The van der Waals surface area contributed by atoms with Crippen LogP contribution in [0.15, 0.2) is 12.1 Å². The van der Waals surface area contributed by atoms with Crippen molar-refractivity contribution in [2.75, 3.05) is 0 Å². The molecule has 0 unspecified atom stereocenters. The van der Waals surface area contributed by atoms with E-state index in [-0.39, 0.29) is 0 Å². The zero-order chi connectivity index (χ0) is 12.3. The Labute approximate surface area is 87.3 Å². The summed E-state index contributed by atoms with van der Waals surface area (Å²) in [5.74, 6) is 0. The Kier molecular flexibility index (Phi) is 3.42. The number of halogens is 5. The zero-order valence-electron chi connectivity index (χ0n) is 7.72. The highest BCUT2D eigenvalue weighted by atomic mass is 19.4. The van der Waals surface area contributed by atoms with Crippen molar-refractivity contribution in [1.29, 1.82) is 5.26 Å². The monoisotopic (exact) mass is 236 g/mol. The van der Waals surface area contributed by atoms with Crippen LogP contribution in [0.2, 0.25) is 0 Å². The van der Waals surface area contributed by atoms with Gasteiger partial charge in [0.2, 0.25) is 0 Å². The Bertz CT molecular complexity index is 419. The summed E-state index contributed by atoms with van der Waals surface area (Å²) in [6.45, 7) is 0. The van der Waals surface area contributed by atoms with Crippen molar-refractivity contribution in [3.05, 3.63) is 29.1 Å². The predicted molar refractivity (Wildman–Crippen MR) is 43.5 cm³/mol. The fourth-order valence-electron chi connectivity index (χ4n) is 1.09. The van der Waals surface area contributed by atoms with Crippen LogP contribution in [0.3, 0.4) is 0 Å². The number of pyridine rings is 1. The number of rotatable bonds is 2. The van der Waals surface area contributed by atoms with Gasteiger partial charge in [0.25, 0.3) is 6.43 Å². The maximum absolute atomic E-state index is 12.3. The summed E-state index contributed by atoms with van der Waals surface area (Å²) in [5, 5.41) is 8.30. The van der Waals surface area contributed by atoms with Gasteiger partial charge in [0.1, 0.15) is 5.69 Å². The molecule has 7 heteroatoms. The fourth-order valence-corrected chi connectivity index (χ4v) is 1.09. The lowest BCUT2D eigenvalue weighted by molar-refractivity contribution is -0.141. The first kappa shape index (κ1) is 12.4. The van der Waals surface area contributed by atoms with E-state index in [0.29, 0.717) is 12.1 Å². The van der Waals surface area contributed by atoms with E-state index in [1.54, 1.807) is 0 Å². The average molecular weight is 236 g/mol. The molecule has 0 saturated carbocycles. The van der Waals surface area contributed by atoms with Gasteiger partial charge in [0, 0.05) is 5.56 Å². The number of alkyl halides is 5. The van der Waals surface area contributed by atoms with Crippen LogP contribution in [-0.4, -0.2) is 4.98 Å². The molecule has 16 heavy (non-hydrogen) atoms. The molecule has 0 saturated heterocycles. The Morgan fingerprint density at radius 2 is 1.94 bits per heavy atom. The molecular weight excluding hydrogens is 231 g/mol. The second-order valence-corrected chi connectivity index (χ2v) is 2.87. The third-order valence-corrected chi connectivity index (χ3v) is 1.78. The van der Waals surface area contributed by atoms with Crippen LogP contribution in [0.1, 0.15) is 23.4 Å². The molecule has 0 radical (unpaired) electrons. The Morgan fingerprint density at radius 3 is 2.38 bits per heavy atom. The zero-order valence-corrected chi connectivity index (χ0v) is 7.72. The van der Waals surface area contributed by atoms with Crippen molar-refractivity contribution in [2.24, 2.45) is 0 Å². The maximum atomic E-state index is 12.3. The van der Waals surface area contributed by atoms with Gasteiger partial charge >= 0.3 is 6.18 Å². The third kappa shape index (κ3) is 2.66. The van der Waals surface area contributed by atoms with Crippen molar-refractivity contribution in [3.8, 4) is 6.07 Å². The van der Waals surface area contributed by atoms with Gasteiger partial charge in [-0.15, -0.1) is 0 Å². The van der Waals surface area contributed by atoms with Gasteiger partial charge in [-0.2, -0.15) is 18.4 Å². The van der Waals surface area contributed by atoms with Crippen LogP contribution >= 0.6 is 0 Å². The smallest absolute Gasteiger partial charge is 0.247 e. The number of nitriles is 1. The van der Waals surface area contributed by atoms with Gasteiger partial charge in [-0.1, -0.05) is 0 Å². The summed E-state index contributed by atoms with van der Waals surface area (Å²) in [7, 11) is 0. The van der Waals surface area contributed by atoms with Crippen LogP contribution < -0.4 is 0 Å². The molecule has 0 aliphatic heterocycles. The molecule has 1 aromatic rings. The highest BCUT2D eigenvalue weighted by Crippen LogP contribution is 2.30. The minimum absolute atomic E-state index is 0.475. The molecule has 1 aromatic heterocycles. The second-order valence-electron chi connectivity index (χ2n) is 2.87. The summed E-state index contributed by atoms with van der Waals surface area (Å²) in [4.78, 5) is 3.03. The number of hydrogen-bond acceptors (Lipinski definition) is 2. The van der Waals surface area contributed by atoms with Crippen molar-refractivity contribution in [1.82, 2.24) is 4.98 Å². The van der Waals surface area contributed by atoms with Crippen LogP contribution in [0.25, 0.3) is 0 Å². The SMILES string of the molecule is N#CCc1nc(C(F)(F)F)ccc1C(F)F. The lowest BCUT2D eigenvalue weighted by atomic mass is 10.1. The van der Waals surface area contributed by atoms with Crippen molar-refractivity contribution in [3.63, 3.8) is 0 Å². The van der Waals surface area contributed by atoms with Crippen molar-refractivity contribution >= 4 is 0 Å². The average Bonchev–Trinajstić information content (AvgIpc) is 2.16. The van der Waals surface area contributed by atoms with Crippen molar-refractivity contribution < 1.29 is 22.0 Å². The van der Waals surface area contributed by atoms with E-state index in [0.717, 1.165) is 0 Å². The molecule has 0 aromatic carbocycles. The summed E-state index contributed by atoms with van der Waals surface area (Å²) in [6, 6.07) is 2.62. The highest BCUT2D eigenvalue weighted by Gasteiger charge is 2.33. The van der Waals surface area contributed by atoms with Gasteiger partial charge < -0.3 is 0 Å². The molecule has 0 bridgehead atoms. The summed E-state index contributed by atoms with van der Waals surface area (Å²) in [6.07, 6.45) is -8.23. The van der Waals surface area contributed by atoms with E-state index >= 15 is 0 Å². The van der Waals surface area contributed by atoms with E-state index in [4.69, 9.17) is 5.26 Å². The normalized spacial score (nSPS) is 11.6. The standard InChI is InChI=1S/C9H5F5N2/c10-8(11)5-1-2-7(9(12,13)14)16-6(5)3-4-15/h1-2,8H,3H2. The van der Waals surface area contributed by atoms with E-state index in [2.05, 4.69) is 4.98 Å². The molecule has 0 amide bonds. The van der Waals surface area contributed by atoms with Gasteiger partial charge in [0.15, 0.2) is 0 Å². The Hall–Kier alpha value is -1.71. The molecular formula is C9H5F5N2. The number of nitrogens with zero attached hydrogens (tertiary/aromatic N) is 2. The van der Waals surface area contributed by atoms with E-state index in [9.17, 15) is 22.0 Å². The summed E-state index contributed by atoms with van der Waals surface area (Å²) >= 11 is 0. The van der Waals surface area contributed by atoms with E-state index in [1.807, 2.05) is 0 Å². The fraction of sp³-hybridized carbons (Fsp3) is 0.333. The minimum atomic E-state index is -4.70. The Morgan fingerprint density at radius 1 is 1.31 bits per heavy atom. The molecule has 2 nitrogen and oxygen atoms in total. The van der Waals surface area contributed by atoms with Gasteiger partial charge in [-0.05, 0) is 12.1 Å². The van der Waals surface area contributed by atoms with Gasteiger partial charge in [0.05, 0.1) is 18.2 Å². The molecule has 0 fully saturated rings. The van der Waals surface area contributed by atoms with Gasteiger partial charge in [-0.3, -0.25) is 0 Å². The Balaban J connectivity index is 3.24. The quantitative estimate of drug-likeness (QED) is 0.740. The van der Waals surface area contributed by atoms with E-state index in [1.165, 1.54) is 6.07 Å². The van der Waals surface area contributed by atoms with Gasteiger partial charge in [-0.25, -0.2) is 13.8 Å². The molecule has 0 aliphatic carbocycles. The first-order valence-electron chi connectivity index (χ1n) is 4.08.